The first kappa shape index (κ1) is 29.2. The van der Waals surface area contributed by atoms with Crippen LogP contribution in [0.25, 0.3) is 24.3 Å². The van der Waals surface area contributed by atoms with Crippen LogP contribution in [0.2, 0.25) is 0 Å². The Morgan fingerprint density at radius 2 is 0.714 bits per heavy atom. The average molecular weight is 573 g/mol. The summed E-state index contributed by atoms with van der Waals surface area (Å²) < 4.78 is 16.6. The zero-order valence-electron chi connectivity index (χ0n) is 24.1. The van der Waals surface area contributed by atoms with Crippen molar-refractivity contribution in [2.45, 2.75) is 0 Å². The fourth-order valence-corrected chi connectivity index (χ4v) is 6.34. The van der Waals surface area contributed by atoms with Crippen molar-refractivity contribution in [1.82, 2.24) is 0 Å². The van der Waals surface area contributed by atoms with Crippen LogP contribution in [0, 0.1) is 0 Å². The molecular weight excluding hydrogens is 537 g/mol. The Hall–Kier alpha value is -4.31. The number of hydrogen-bond acceptors (Lipinski definition) is 4. The van der Waals surface area contributed by atoms with Crippen LogP contribution in [0.15, 0.2) is 133 Å². The maximum atomic E-state index is 5.54. The molecule has 0 atom stereocenters. The van der Waals surface area contributed by atoms with Crippen LogP contribution in [0.3, 0.4) is 0 Å². The van der Waals surface area contributed by atoms with Crippen molar-refractivity contribution >= 4 is 54.6 Å². The minimum Gasteiger partial charge on any atom is -0.311 e. The quantitative estimate of drug-likeness (QED) is 0.116. The molecule has 0 fully saturated rings. The monoisotopic (exact) mass is 572 g/mol. The van der Waals surface area contributed by atoms with Crippen LogP contribution >= 0.6 is 7.94 Å². The second-order valence-corrected chi connectivity index (χ2v) is 12.2. The van der Waals surface area contributed by atoms with Crippen molar-refractivity contribution < 1.29 is 13.6 Å². The van der Waals surface area contributed by atoms with Gasteiger partial charge in [0, 0.05) is 17.1 Å². The molecule has 0 aliphatic rings. The van der Waals surface area contributed by atoms with Gasteiger partial charge in [0.2, 0.25) is 0 Å². The number of hydrogen-bond donors (Lipinski definition) is 0. The molecule has 5 aromatic rings. The highest BCUT2D eigenvalue weighted by atomic mass is 31.2. The third kappa shape index (κ3) is 6.94. The van der Waals surface area contributed by atoms with Crippen molar-refractivity contribution in [3.05, 3.63) is 156 Å². The van der Waals surface area contributed by atoms with Gasteiger partial charge in [-0.25, -0.2) is 0 Å². The molecule has 0 radical (unpaired) electrons. The summed E-state index contributed by atoms with van der Waals surface area (Å²) in [5, 5.41) is 0.905. The SMILES string of the molecule is CO[P+](OC)(OC)c1ccc(C=Cc2ccc(C=Cc3ccc(N(c4ccccc4)c4ccccc4)cc3)cc2)cc1. The van der Waals surface area contributed by atoms with Crippen LogP contribution in [0.1, 0.15) is 22.3 Å². The van der Waals surface area contributed by atoms with Gasteiger partial charge >= 0.3 is 7.94 Å². The van der Waals surface area contributed by atoms with Crippen LogP contribution < -0.4 is 10.2 Å². The lowest BCUT2D eigenvalue weighted by Gasteiger charge is -2.25. The smallest absolute Gasteiger partial charge is 0.311 e. The topological polar surface area (TPSA) is 30.9 Å². The largest absolute Gasteiger partial charge is 0.447 e. The average Bonchev–Trinajstić information content (AvgIpc) is 3.07. The zero-order chi connectivity index (χ0) is 29.2. The molecule has 0 aliphatic carbocycles. The van der Waals surface area contributed by atoms with Gasteiger partial charge in [0.15, 0.2) is 5.30 Å². The van der Waals surface area contributed by atoms with E-state index in [9.17, 15) is 0 Å². The molecule has 0 saturated heterocycles. The summed E-state index contributed by atoms with van der Waals surface area (Å²) in [5.41, 5.74) is 7.89. The van der Waals surface area contributed by atoms with E-state index < -0.39 is 7.94 Å². The van der Waals surface area contributed by atoms with Crippen LogP contribution in [0.4, 0.5) is 17.1 Å². The van der Waals surface area contributed by atoms with E-state index >= 15 is 0 Å². The van der Waals surface area contributed by atoms with Gasteiger partial charge in [-0.2, -0.15) is 13.6 Å². The summed E-state index contributed by atoms with van der Waals surface area (Å²) >= 11 is 0. The van der Waals surface area contributed by atoms with E-state index in [4.69, 9.17) is 13.6 Å². The fraction of sp³-hybridized carbons (Fsp3) is 0.0811. The molecule has 0 spiro atoms. The Morgan fingerprint density at radius 3 is 1.07 bits per heavy atom. The third-order valence-corrected chi connectivity index (χ3v) is 9.36. The van der Waals surface area contributed by atoms with Gasteiger partial charge in [0.05, 0.1) is 21.3 Å². The molecule has 0 aliphatic heterocycles. The van der Waals surface area contributed by atoms with E-state index in [1.807, 2.05) is 36.4 Å². The molecule has 4 nitrogen and oxygen atoms in total. The highest BCUT2D eigenvalue weighted by Crippen LogP contribution is 2.58. The molecule has 0 aromatic heterocycles. The second kappa shape index (κ2) is 14.0. The van der Waals surface area contributed by atoms with Gasteiger partial charge in [-0.15, -0.1) is 0 Å². The molecule has 5 aromatic carbocycles. The number of nitrogens with zero attached hydrogens (tertiary/aromatic N) is 1. The summed E-state index contributed by atoms with van der Waals surface area (Å²) in [6, 6.07) is 46.1. The summed E-state index contributed by atoms with van der Waals surface area (Å²) in [7, 11) is 2.33. The van der Waals surface area contributed by atoms with Crippen molar-refractivity contribution in [2.24, 2.45) is 0 Å². The lowest BCUT2D eigenvalue weighted by atomic mass is 10.1. The van der Waals surface area contributed by atoms with Crippen molar-refractivity contribution in [2.75, 3.05) is 26.2 Å². The maximum Gasteiger partial charge on any atom is 0.447 e. The van der Waals surface area contributed by atoms with E-state index in [1.165, 1.54) is 0 Å². The Balaban J connectivity index is 1.24. The van der Waals surface area contributed by atoms with E-state index in [1.54, 1.807) is 21.3 Å². The standard InChI is InChI=1S/C37H35NO3P/c1-39-42(40-2,41-3)37-28-24-33(25-29-37)21-19-31-16-14-30(15-17-31)18-20-32-22-26-36(27-23-32)38(34-10-6-4-7-11-34)35-12-8-5-9-13-35/h4-29H,1-3H3/q+1. The minimum absolute atomic E-state index is 0.905. The van der Waals surface area contributed by atoms with Gasteiger partial charge in [0.1, 0.15) is 0 Å². The number of anilines is 3. The van der Waals surface area contributed by atoms with E-state index in [0.29, 0.717) is 0 Å². The molecule has 0 heterocycles. The lowest BCUT2D eigenvalue weighted by molar-refractivity contribution is 0.222. The summed E-state index contributed by atoms with van der Waals surface area (Å²) in [6.45, 7) is 0. The van der Waals surface area contributed by atoms with E-state index in [2.05, 4.69) is 126 Å². The van der Waals surface area contributed by atoms with Crippen LogP contribution in [-0.4, -0.2) is 21.3 Å². The number of benzene rings is 5. The molecule has 0 amide bonds. The van der Waals surface area contributed by atoms with Crippen LogP contribution in [-0.2, 0) is 13.6 Å². The van der Waals surface area contributed by atoms with E-state index in [0.717, 1.165) is 44.6 Å². The molecule has 42 heavy (non-hydrogen) atoms. The molecule has 210 valence electrons. The van der Waals surface area contributed by atoms with Gasteiger partial charge in [0.25, 0.3) is 0 Å². The molecule has 5 heteroatoms. The van der Waals surface area contributed by atoms with Crippen molar-refractivity contribution in [3.8, 4) is 0 Å². The van der Waals surface area contributed by atoms with Crippen LogP contribution in [0.5, 0.6) is 0 Å². The maximum absolute atomic E-state index is 5.54. The Morgan fingerprint density at radius 1 is 0.405 bits per heavy atom. The first-order chi connectivity index (χ1) is 20.6. The summed E-state index contributed by atoms with van der Waals surface area (Å²) in [4.78, 5) is 2.27. The number of rotatable bonds is 11. The zero-order valence-corrected chi connectivity index (χ0v) is 25.0. The van der Waals surface area contributed by atoms with Crippen molar-refractivity contribution in [1.29, 1.82) is 0 Å². The Bertz CT molecular complexity index is 1550. The predicted molar refractivity (Wildman–Crippen MR) is 179 cm³/mol. The third-order valence-electron chi connectivity index (χ3n) is 6.98. The number of para-hydroxylation sites is 2. The van der Waals surface area contributed by atoms with E-state index in [-0.39, 0.29) is 0 Å². The molecule has 0 saturated carbocycles. The first-order valence-electron chi connectivity index (χ1n) is 13.8. The first-order valence-corrected chi connectivity index (χ1v) is 15.3. The summed E-state index contributed by atoms with van der Waals surface area (Å²) in [5.74, 6) is 0. The highest BCUT2D eigenvalue weighted by Gasteiger charge is 2.44. The second-order valence-electron chi connectivity index (χ2n) is 9.57. The Kier molecular flexibility index (Phi) is 9.76. The van der Waals surface area contributed by atoms with Crippen molar-refractivity contribution in [3.63, 3.8) is 0 Å². The molecule has 5 rings (SSSR count). The van der Waals surface area contributed by atoms with Gasteiger partial charge in [-0.1, -0.05) is 109 Å². The van der Waals surface area contributed by atoms with Gasteiger partial charge < -0.3 is 4.90 Å². The van der Waals surface area contributed by atoms with Gasteiger partial charge in [-0.05, 0) is 70.8 Å². The predicted octanol–water partition coefficient (Wildman–Crippen LogP) is 9.82. The lowest BCUT2D eigenvalue weighted by Crippen LogP contribution is -2.15. The van der Waals surface area contributed by atoms with Gasteiger partial charge in [-0.3, -0.25) is 0 Å². The Labute approximate surface area is 249 Å². The highest BCUT2D eigenvalue weighted by molar-refractivity contribution is 7.69. The minimum atomic E-state index is -2.49. The molecule has 0 bridgehead atoms. The summed E-state index contributed by atoms with van der Waals surface area (Å²) in [6.07, 6.45) is 8.49. The normalized spacial score (nSPS) is 11.8. The molecule has 0 N–H and O–H groups in total. The molecular formula is C37H35NO3P+. The fourth-order valence-electron chi connectivity index (χ4n) is 4.75. The molecule has 0 unspecified atom stereocenters.